The van der Waals surface area contributed by atoms with E-state index in [1.54, 1.807) is 12.1 Å². The number of halogens is 2. The molecule has 104 valence electrons. The second-order valence-electron chi connectivity index (χ2n) is 4.53. The number of aromatic nitrogens is 2. The Balaban J connectivity index is 1.86. The average Bonchev–Trinajstić information content (AvgIpc) is 2.85. The van der Waals surface area contributed by atoms with Gasteiger partial charge in [-0.1, -0.05) is 23.2 Å². The molecule has 0 aliphatic carbocycles. The number of H-pyrrole nitrogens is 1. The molecule has 1 aliphatic rings. The van der Waals surface area contributed by atoms with E-state index in [1.165, 1.54) is 6.07 Å². The van der Waals surface area contributed by atoms with Gasteiger partial charge in [0.2, 0.25) is 0 Å². The van der Waals surface area contributed by atoms with Crippen LogP contribution in [0.15, 0.2) is 18.2 Å². The van der Waals surface area contributed by atoms with Gasteiger partial charge >= 0.3 is 0 Å². The Morgan fingerprint density at radius 2 is 2.20 bits per heavy atom. The number of fused-ring (bicyclic) bond motifs is 1. The largest absolute Gasteiger partial charge is 0.312 e. The van der Waals surface area contributed by atoms with Crippen LogP contribution in [0.2, 0.25) is 10.0 Å². The lowest BCUT2D eigenvalue weighted by Crippen LogP contribution is -2.24. The lowest BCUT2D eigenvalue weighted by molar-refractivity contribution is 0.102. The molecule has 1 aromatic carbocycles. The second kappa shape index (κ2) is 5.44. The molecule has 0 unspecified atom stereocenters. The normalized spacial score (nSPS) is 13.9. The van der Waals surface area contributed by atoms with Gasteiger partial charge in [-0.05, 0) is 18.2 Å². The van der Waals surface area contributed by atoms with E-state index in [0.717, 1.165) is 24.2 Å². The molecule has 0 atom stereocenters. The summed E-state index contributed by atoms with van der Waals surface area (Å²) in [5, 5.41) is 13.9. The number of aromatic amines is 1. The Bertz CT molecular complexity index is 668. The van der Waals surface area contributed by atoms with Crippen LogP contribution in [-0.4, -0.2) is 22.6 Å². The van der Waals surface area contributed by atoms with Gasteiger partial charge in [0.1, 0.15) is 0 Å². The van der Waals surface area contributed by atoms with E-state index in [9.17, 15) is 4.79 Å². The highest BCUT2D eigenvalue weighted by molar-refractivity contribution is 6.36. The Kier molecular flexibility index (Phi) is 3.65. The quantitative estimate of drug-likeness (QED) is 0.798. The highest BCUT2D eigenvalue weighted by atomic mass is 35.5. The first-order valence-corrected chi connectivity index (χ1v) is 6.94. The van der Waals surface area contributed by atoms with Crippen molar-refractivity contribution in [2.75, 3.05) is 11.9 Å². The Labute approximate surface area is 125 Å². The first-order chi connectivity index (χ1) is 9.65. The van der Waals surface area contributed by atoms with Crippen LogP contribution in [0.25, 0.3) is 0 Å². The minimum atomic E-state index is -0.322. The first kappa shape index (κ1) is 13.4. The molecule has 1 aliphatic heterocycles. The minimum absolute atomic E-state index is 0.322. The van der Waals surface area contributed by atoms with Crippen molar-refractivity contribution in [3.8, 4) is 0 Å². The molecule has 0 fully saturated rings. The molecule has 2 heterocycles. The summed E-state index contributed by atoms with van der Waals surface area (Å²) < 4.78 is 0. The van der Waals surface area contributed by atoms with Crippen LogP contribution in [-0.2, 0) is 13.0 Å². The smallest absolute Gasteiger partial charge is 0.258 e. The molecule has 3 rings (SSSR count). The molecule has 7 heteroatoms. The fourth-order valence-corrected chi connectivity index (χ4v) is 2.55. The summed E-state index contributed by atoms with van der Waals surface area (Å²) in [6, 6.07) is 4.78. The topological polar surface area (TPSA) is 69.8 Å². The third kappa shape index (κ3) is 2.52. The summed E-state index contributed by atoms with van der Waals surface area (Å²) in [7, 11) is 0. The van der Waals surface area contributed by atoms with E-state index in [1.807, 2.05) is 0 Å². The standard InChI is InChI=1S/C13H12Cl2N4O/c14-7-1-2-10(15)8(5-7)13(20)17-12-9-6-16-4-3-11(9)18-19-12/h1-2,5,16H,3-4,6H2,(H2,17,18,19,20). The average molecular weight is 311 g/mol. The molecule has 0 saturated carbocycles. The number of benzene rings is 1. The van der Waals surface area contributed by atoms with Gasteiger partial charge in [0, 0.05) is 35.8 Å². The Hall–Kier alpha value is -1.56. The zero-order chi connectivity index (χ0) is 14.1. The van der Waals surface area contributed by atoms with Crippen LogP contribution in [0.1, 0.15) is 21.6 Å². The molecule has 0 saturated heterocycles. The number of amides is 1. The van der Waals surface area contributed by atoms with Crippen molar-refractivity contribution >= 4 is 34.9 Å². The second-order valence-corrected chi connectivity index (χ2v) is 5.38. The summed E-state index contributed by atoms with van der Waals surface area (Å²) >= 11 is 11.9. The maximum Gasteiger partial charge on any atom is 0.258 e. The summed E-state index contributed by atoms with van der Waals surface area (Å²) in [5.41, 5.74) is 2.37. The summed E-state index contributed by atoms with van der Waals surface area (Å²) in [5.74, 6) is 0.214. The van der Waals surface area contributed by atoms with Gasteiger partial charge in [-0.3, -0.25) is 9.89 Å². The van der Waals surface area contributed by atoms with Gasteiger partial charge in [-0.2, -0.15) is 5.10 Å². The van der Waals surface area contributed by atoms with Crippen molar-refractivity contribution in [1.29, 1.82) is 0 Å². The zero-order valence-corrected chi connectivity index (χ0v) is 12.0. The number of hydrogen-bond acceptors (Lipinski definition) is 3. The zero-order valence-electron chi connectivity index (χ0n) is 10.5. The fraction of sp³-hybridized carbons (Fsp3) is 0.231. The fourth-order valence-electron chi connectivity index (χ4n) is 2.18. The van der Waals surface area contributed by atoms with Crippen LogP contribution in [0, 0.1) is 0 Å². The predicted molar refractivity (Wildman–Crippen MR) is 78.4 cm³/mol. The molecule has 1 amide bonds. The van der Waals surface area contributed by atoms with Crippen LogP contribution in [0.5, 0.6) is 0 Å². The number of rotatable bonds is 2. The summed E-state index contributed by atoms with van der Waals surface area (Å²) in [6.07, 6.45) is 0.871. The lowest BCUT2D eigenvalue weighted by Gasteiger charge is -2.13. The molecule has 20 heavy (non-hydrogen) atoms. The van der Waals surface area contributed by atoms with Crippen LogP contribution >= 0.6 is 23.2 Å². The highest BCUT2D eigenvalue weighted by Crippen LogP contribution is 2.24. The van der Waals surface area contributed by atoms with E-state index in [0.29, 0.717) is 28.0 Å². The van der Waals surface area contributed by atoms with Gasteiger partial charge in [0.05, 0.1) is 10.6 Å². The van der Waals surface area contributed by atoms with E-state index in [-0.39, 0.29) is 5.91 Å². The van der Waals surface area contributed by atoms with Crippen molar-refractivity contribution in [3.63, 3.8) is 0 Å². The molecule has 3 N–H and O–H groups in total. The van der Waals surface area contributed by atoms with Crippen molar-refractivity contribution in [2.24, 2.45) is 0 Å². The molecule has 0 bridgehead atoms. The van der Waals surface area contributed by atoms with E-state index < -0.39 is 0 Å². The van der Waals surface area contributed by atoms with Gasteiger partial charge < -0.3 is 10.6 Å². The number of carbonyl (C=O) groups excluding carboxylic acids is 1. The van der Waals surface area contributed by atoms with E-state index in [2.05, 4.69) is 20.8 Å². The molecule has 0 radical (unpaired) electrons. The van der Waals surface area contributed by atoms with Gasteiger partial charge in [0.15, 0.2) is 5.82 Å². The maximum atomic E-state index is 12.2. The Morgan fingerprint density at radius 1 is 1.35 bits per heavy atom. The summed E-state index contributed by atoms with van der Waals surface area (Å²) in [4.78, 5) is 12.2. The van der Waals surface area contributed by atoms with Gasteiger partial charge in [0.25, 0.3) is 5.91 Å². The molecule has 0 spiro atoms. The number of hydrogen-bond donors (Lipinski definition) is 3. The molecule has 5 nitrogen and oxygen atoms in total. The maximum absolute atomic E-state index is 12.2. The number of carbonyl (C=O) groups is 1. The van der Waals surface area contributed by atoms with Gasteiger partial charge in [-0.25, -0.2) is 0 Å². The van der Waals surface area contributed by atoms with Gasteiger partial charge in [-0.15, -0.1) is 0 Å². The lowest BCUT2D eigenvalue weighted by atomic mass is 10.1. The third-order valence-electron chi connectivity index (χ3n) is 3.21. The Morgan fingerprint density at radius 3 is 3.05 bits per heavy atom. The molecular weight excluding hydrogens is 299 g/mol. The first-order valence-electron chi connectivity index (χ1n) is 6.18. The number of anilines is 1. The van der Waals surface area contributed by atoms with Crippen molar-refractivity contribution in [2.45, 2.75) is 13.0 Å². The summed E-state index contributed by atoms with van der Waals surface area (Å²) in [6.45, 7) is 1.59. The molecule has 2 aromatic rings. The SMILES string of the molecule is O=C(Nc1n[nH]c2c1CNCC2)c1cc(Cl)ccc1Cl. The van der Waals surface area contributed by atoms with Crippen molar-refractivity contribution in [3.05, 3.63) is 45.1 Å². The monoisotopic (exact) mass is 310 g/mol. The minimum Gasteiger partial charge on any atom is -0.312 e. The van der Waals surface area contributed by atoms with Crippen LogP contribution < -0.4 is 10.6 Å². The predicted octanol–water partition coefficient (Wildman–Crippen LogP) is 2.61. The van der Waals surface area contributed by atoms with Crippen molar-refractivity contribution < 1.29 is 4.79 Å². The van der Waals surface area contributed by atoms with E-state index >= 15 is 0 Å². The number of nitrogens with one attached hydrogen (secondary N) is 3. The molecular formula is C13H12Cl2N4O. The van der Waals surface area contributed by atoms with Crippen LogP contribution in [0.3, 0.4) is 0 Å². The third-order valence-corrected chi connectivity index (χ3v) is 3.78. The highest BCUT2D eigenvalue weighted by Gasteiger charge is 2.19. The van der Waals surface area contributed by atoms with Crippen LogP contribution in [0.4, 0.5) is 5.82 Å². The van der Waals surface area contributed by atoms with E-state index in [4.69, 9.17) is 23.2 Å². The van der Waals surface area contributed by atoms with Crippen molar-refractivity contribution in [1.82, 2.24) is 15.5 Å². The number of nitrogens with zero attached hydrogens (tertiary/aromatic N) is 1. The molecule has 1 aromatic heterocycles.